The Labute approximate surface area is 120 Å². The predicted molar refractivity (Wildman–Crippen MR) is 72.4 cm³/mol. The van der Waals surface area contributed by atoms with Gasteiger partial charge in [0.05, 0.1) is 12.0 Å². The molecule has 1 saturated carbocycles. The first-order valence-electron chi connectivity index (χ1n) is 6.36. The van der Waals surface area contributed by atoms with Crippen molar-refractivity contribution >= 4 is 11.7 Å². The summed E-state index contributed by atoms with van der Waals surface area (Å²) in [5, 5.41) is 20.2. The van der Waals surface area contributed by atoms with Crippen molar-refractivity contribution in [3.05, 3.63) is 28.3 Å². The molecule has 0 heterocycles. The molecule has 1 atom stereocenters. The summed E-state index contributed by atoms with van der Waals surface area (Å²) in [7, 11) is 1.42. The second-order valence-electron chi connectivity index (χ2n) is 5.00. The second kappa shape index (κ2) is 5.57. The van der Waals surface area contributed by atoms with Crippen molar-refractivity contribution in [2.24, 2.45) is 11.7 Å². The lowest BCUT2D eigenvalue weighted by atomic mass is 9.96. The molecule has 8 heteroatoms. The molecule has 0 spiro atoms. The highest BCUT2D eigenvalue weighted by molar-refractivity contribution is 5.79. The van der Waals surface area contributed by atoms with Crippen LogP contribution in [0.3, 0.4) is 0 Å². The van der Waals surface area contributed by atoms with E-state index in [2.05, 4.69) is 0 Å². The van der Waals surface area contributed by atoms with Crippen LogP contribution in [0.2, 0.25) is 0 Å². The third-order valence-electron chi connectivity index (χ3n) is 3.53. The Kier molecular flexibility index (Phi) is 3.99. The van der Waals surface area contributed by atoms with Crippen molar-refractivity contribution in [2.75, 3.05) is 13.7 Å². The molecule has 2 rings (SSSR count). The van der Waals surface area contributed by atoms with Crippen molar-refractivity contribution in [3.63, 3.8) is 0 Å². The molecular formula is C13H16N2O6. The van der Waals surface area contributed by atoms with Crippen LogP contribution < -0.4 is 15.2 Å². The molecule has 114 valence electrons. The van der Waals surface area contributed by atoms with Gasteiger partial charge in [0.25, 0.3) is 0 Å². The van der Waals surface area contributed by atoms with E-state index in [1.54, 1.807) is 0 Å². The fourth-order valence-corrected chi connectivity index (χ4v) is 2.04. The van der Waals surface area contributed by atoms with Crippen molar-refractivity contribution in [1.82, 2.24) is 0 Å². The molecule has 1 aromatic carbocycles. The number of carbonyl (C=O) groups is 1. The molecule has 0 radical (unpaired) electrons. The van der Waals surface area contributed by atoms with E-state index < -0.39 is 16.4 Å². The number of ether oxygens (including phenoxy) is 2. The fourth-order valence-electron chi connectivity index (χ4n) is 2.04. The number of aliphatic carboxylic acids is 1. The normalized spacial score (nSPS) is 16.9. The first-order chi connectivity index (χ1) is 9.88. The average molecular weight is 296 g/mol. The number of nitrogens with two attached hydrogens (primary N) is 1. The lowest BCUT2D eigenvalue weighted by molar-refractivity contribution is -0.385. The average Bonchev–Trinajstić information content (AvgIpc) is 3.28. The number of carboxylic acid groups (broad SMARTS) is 1. The minimum Gasteiger partial charge on any atom is -0.497 e. The van der Waals surface area contributed by atoms with Crippen LogP contribution >= 0.6 is 0 Å². The Bertz CT molecular complexity index is 572. The highest BCUT2D eigenvalue weighted by Gasteiger charge is 2.49. The zero-order valence-electron chi connectivity index (χ0n) is 11.4. The number of hydrogen-bond donors (Lipinski definition) is 2. The number of nitro benzene ring substituents is 1. The molecule has 1 aliphatic rings. The third kappa shape index (κ3) is 3.05. The quantitative estimate of drug-likeness (QED) is 0.571. The van der Waals surface area contributed by atoms with Gasteiger partial charge >= 0.3 is 11.7 Å². The van der Waals surface area contributed by atoms with Crippen LogP contribution in [-0.2, 0) is 4.79 Å². The number of hydrogen-bond acceptors (Lipinski definition) is 6. The summed E-state index contributed by atoms with van der Waals surface area (Å²) < 4.78 is 10.3. The summed E-state index contributed by atoms with van der Waals surface area (Å²) in [6.45, 7) is -0.332. The number of rotatable bonds is 7. The van der Waals surface area contributed by atoms with E-state index in [9.17, 15) is 20.0 Å². The van der Waals surface area contributed by atoms with Crippen LogP contribution in [0.25, 0.3) is 0 Å². The van der Waals surface area contributed by atoms with Gasteiger partial charge in [-0.15, -0.1) is 0 Å². The molecule has 0 amide bonds. The predicted octanol–water partition coefficient (Wildman–Crippen LogP) is 1.17. The van der Waals surface area contributed by atoms with Gasteiger partial charge in [0.15, 0.2) is 5.54 Å². The summed E-state index contributed by atoms with van der Waals surface area (Å²) in [5.74, 6) is -1.02. The Morgan fingerprint density at radius 2 is 2.24 bits per heavy atom. The molecule has 1 unspecified atom stereocenters. The molecule has 0 aliphatic heterocycles. The Hall–Kier alpha value is -2.35. The largest absolute Gasteiger partial charge is 0.497 e. The van der Waals surface area contributed by atoms with Gasteiger partial charge in [-0.1, -0.05) is 0 Å². The van der Waals surface area contributed by atoms with Crippen molar-refractivity contribution < 1.29 is 24.3 Å². The summed E-state index contributed by atoms with van der Waals surface area (Å²) in [6.07, 6.45) is 1.43. The third-order valence-corrected chi connectivity index (χ3v) is 3.53. The number of benzene rings is 1. The summed E-state index contributed by atoms with van der Waals surface area (Å²) >= 11 is 0. The van der Waals surface area contributed by atoms with Gasteiger partial charge in [0.2, 0.25) is 5.75 Å². The maximum absolute atomic E-state index is 11.3. The Morgan fingerprint density at radius 1 is 1.57 bits per heavy atom. The van der Waals surface area contributed by atoms with Gasteiger partial charge in [-0.2, -0.15) is 0 Å². The molecule has 1 fully saturated rings. The standard InChI is InChI=1S/C13H16N2O6/c1-20-9-4-5-10(15(18)19)11(6-9)21-7-13(14,12(16)17)8-2-3-8/h4-6,8H,2-3,7,14H2,1H3,(H,16,17). The lowest BCUT2D eigenvalue weighted by Crippen LogP contribution is -2.54. The van der Waals surface area contributed by atoms with E-state index in [0.717, 1.165) is 0 Å². The second-order valence-corrected chi connectivity index (χ2v) is 5.00. The Balaban J connectivity index is 2.21. The SMILES string of the molecule is COc1ccc([N+](=O)[O-])c(OCC(N)(C(=O)O)C2CC2)c1. The van der Waals surface area contributed by atoms with Crippen LogP contribution in [0.5, 0.6) is 11.5 Å². The van der Waals surface area contributed by atoms with Crippen molar-refractivity contribution in [2.45, 2.75) is 18.4 Å². The molecule has 0 bridgehead atoms. The van der Waals surface area contributed by atoms with Crippen molar-refractivity contribution in [1.29, 1.82) is 0 Å². The molecule has 1 aromatic rings. The smallest absolute Gasteiger partial charge is 0.327 e. The van der Waals surface area contributed by atoms with Crippen LogP contribution in [0.4, 0.5) is 5.69 Å². The molecule has 3 N–H and O–H groups in total. The number of methoxy groups -OCH3 is 1. The van der Waals surface area contributed by atoms with E-state index >= 15 is 0 Å². The van der Waals surface area contributed by atoms with Gasteiger partial charge in [0.1, 0.15) is 12.4 Å². The zero-order chi connectivity index (χ0) is 15.6. The molecule has 1 aliphatic carbocycles. The topological polar surface area (TPSA) is 125 Å². The van der Waals surface area contributed by atoms with Crippen LogP contribution in [-0.4, -0.2) is 35.3 Å². The summed E-state index contributed by atoms with van der Waals surface area (Å²) in [4.78, 5) is 21.7. The molecule has 0 saturated heterocycles. The lowest BCUT2D eigenvalue weighted by Gasteiger charge is -2.24. The van der Waals surface area contributed by atoms with Crippen LogP contribution in [0, 0.1) is 16.0 Å². The van der Waals surface area contributed by atoms with Gasteiger partial charge in [-0.3, -0.25) is 14.9 Å². The maximum atomic E-state index is 11.3. The zero-order valence-corrected chi connectivity index (χ0v) is 11.4. The van der Waals surface area contributed by atoms with E-state index in [4.69, 9.17) is 15.2 Å². The molecule has 21 heavy (non-hydrogen) atoms. The molecule has 8 nitrogen and oxygen atoms in total. The van der Waals surface area contributed by atoms with E-state index in [0.29, 0.717) is 18.6 Å². The first-order valence-corrected chi connectivity index (χ1v) is 6.36. The van der Waals surface area contributed by atoms with Crippen molar-refractivity contribution in [3.8, 4) is 11.5 Å². The minimum atomic E-state index is -1.53. The van der Waals surface area contributed by atoms with Gasteiger partial charge in [-0.05, 0) is 24.8 Å². The van der Waals surface area contributed by atoms with Crippen LogP contribution in [0.1, 0.15) is 12.8 Å². The highest BCUT2D eigenvalue weighted by Crippen LogP contribution is 2.39. The van der Waals surface area contributed by atoms with E-state index in [1.165, 1.54) is 25.3 Å². The van der Waals surface area contributed by atoms with Crippen LogP contribution in [0.15, 0.2) is 18.2 Å². The van der Waals surface area contributed by atoms with Gasteiger partial charge < -0.3 is 20.3 Å². The highest BCUT2D eigenvalue weighted by atomic mass is 16.6. The fraction of sp³-hybridized carbons (Fsp3) is 0.462. The minimum absolute atomic E-state index is 0.0592. The number of carboxylic acids is 1. The number of nitrogens with zero attached hydrogens (tertiary/aromatic N) is 1. The number of nitro groups is 1. The van der Waals surface area contributed by atoms with Gasteiger partial charge in [0, 0.05) is 12.1 Å². The molecular weight excluding hydrogens is 280 g/mol. The van der Waals surface area contributed by atoms with Gasteiger partial charge in [-0.25, -0.2) is 0 Å². The molecule has 0 aromatic heterocycles. The first kappa shape index (κ1) is 15.0. The monoisotopic (exact) mass is 296 g/mol. The Morgan fingerprint density at radius 3 is 2.71 bits per heavy atom. The summed E-state index contributed by atoms with van der Waals surface area (Å²) in [5.41, 5.74) is 4.07. The maximum Gasteiger partial charge on any atom is 0.327 e. The van der Waals surface area contributed by atoms with E-state index in [-0.39, 0.29) is 24.0 Å². The summed E-state index contributed by atoms with van der Waals surface area (Å²) in [6, 6.07) is 4.01. The van der Waals surface area contributed by atoms with E-state index in [1.807, 2.05) is 0 Å².